The van der Waals surface area contributed by atoms with Crippen molar-refractivity contribution in [1.82, 2.24) is 9.99 Å². The summed E-state index contributed by atoms with van der Waals surface area (Å²) in [7, 11) is 3.71. The number of ether oxygens (including phenoxy) is 2. The van der Waals surface area contributed by atoms with Gasteiger partial charge >= 0.3 is 6.18 Å². The van der Waals surface area contributed by atoms with Crippen molar-refractivity contribution in [3.63, 3.8) is 0 Å². The molecule has 3 heterocycles. The van der Waals surface area contributed by atoms with Crippen LogP contribution in [0.2, 0.25) is 5.02 Å². The lowest BCUT2D eigenvalue weighted by Gasteiger charge is -2.50. The zero-order chi connectivity index (χ0) is 38.5. The van der Waals surface area contributed by atoms with Crippen LogP contribution in [0.4, 0.5) is 29.1 Å². The Bertz CT molecular complexity index is 2110. The number of phenolic OH excluding ortho intramolecular Hbond substituents is 1. The van der Waals surface area contributed by atoms with Gasteiger partial charge in [0.05, 0.1) is 36.8 Å². The van der Waals surface area contributed by atoms with Crippen LogP contribution in [0, 0.1) is 23.6 Å². The highest BCUT2D eigenvalue weighted by Gasteiger charge is 2.77. The molecule has 2 saturated heterocycles. The fourth-order valence-corrected chi connectivity index (χ4v) is 9.21. The van der Waals surface area contributed by atoms with Gasteiger partial charge in [0.1, 0.15) is 11.5 Å². The maximum absolute atomic E-state index is 14.6. The number of amides is 4. The lowest BCUT2D eigenvalue weighted by atomic mass is 9.56. The monoisotopic (exact) mass is 796 g/mol. The zero-order valence-corrected chi connectivity index (χ0v) is 30.0. The SMILES string of the molecule is COc1cc(C2C3=CCC4C(=O)N(N(C)c5nc(C(F)(F)F)ccc5Cl)C(=O)C4C3CC3(Cl)C(=O)N(c4ccc(F)cc4)C(=O)C23Cl)cc(OC)c1O. The Kier molecular flexibility index (Phi) is 8.66. The number of anilines is 2. The first-order chi connectivity index (χ1) is 24.9. The standard InChI is InChI=1S/C35H27Cl3F4N4O7/c1-44(28-21(36)10-11-24(43-28)35(40,41)42)46-29(48)19-9-8-18-20(25(19)30(46)49)14-33(37)31(50)45(17-6-4-16(39)5-7-17)32(51)34(33,38)26(18)15-12-22(52-2)27(47)23(13-15)53-3/h4-8,10-13,19-20,25-26,47H,9,14H2,1-3H3. The minimum atomic E-state index is -4.86. The maximum Gasteiger partial charge on any atom is 0.433 e. The van der Waals surface area contributed by atoms with E-state index < -0.39 is 87.0 Å². The number of fused-ring (bicyclic) bond motifs is 4. The molecule has 4 aliphatic rings. The van der Waals surface area contributed by atoms with E-state index in [2.05, 4.69) is 4.98 Å². The Balaban J connectivity index is 1.38. The van der Waals surface area contributed by atoms with E-state index >= 15 is 0 Å². The van der Waals surface area contributed by atoms with Crippen LogP contribution in [-0.4, -0.2) is 69.7 Å². The number of hydrogen-bond acceptors (Lipinski definition) is 9. The summed E-state index contributed by atoms with van der Waals surface area (Å²) < 4.78 is 65.5. The Morgan fingerprint density at radius 2 is 1.57 bits per heavy atom. The van der Waals surface area contributed by atoms with E-state index in [9.17, 15) is 41.8 Å². The highest BCUT2D eigenvalue weighted by molar-refractivity contribution is 6.58. The van der Waals surface area contributed by atoms with Gasteiger partial charge in [-0.3, -0.25) is 24.2 Å². The quantitative estimate of drug-likeness (QED) is 0.134. The van der Waals surface area contributed by atoms with Gasteiger partial charge in [0, 0.05) is 13.0 Å². The van der Waals surface area contributed by atoms with Crippen LogP contribution in [0.5, 0.6) is 17.2 Å². The summed E-state index contributed by atoms with van der Waals surface area (Å²) in [5.74, 6) is -9.94. The number of aromatic nitrogens is 1. The van der Waals surface area contributed by atoms with Crippen LogP contribution in [0.15, 0.2) is 60.2 Å². The number of pyridine rings is 1. The topological polar surface area (TPSA) is 130 Å². The number of methoxy groups -OCH3 is 2. The van der Waals surface area contributed by atoms with E-state index in [0.29, 0.717) is 16.6 Å². The number of aromatic hydroxyl groups is 1. The van der Waals surface area contributed by atoms with Crippen molar-refractivity contribution >= 4 is 69.9 Å². The smallest absolute Gasteiger partial charge is 0.433 e. The number of imide groups is 2. The first-order valence-electron chi connectivity index (χ1n) is 15.9. The number of carbonyl (C=O) groups is 4. The molecule has 11 nitrogen and oxygen atoms in total. The summed E-state index contributed by atoms with van der Waals surface area (Å²) >= 11 is 21.0. The summed E-state index contributed by atoms with van der Waals surface area (Å²) in [6.45, 7) is 0. The van der Waals surface area contributed by atoms with Crippen LogP contribution >= 0.6 is 34.8 Å². The molecule has 6 atom stereocenters. The number of allylic oxidation sites excluding steroid dienone is 2. The summed E-state index contributed by atoms with van der Waals surface area (Å²) in [6.07, 6.45) is -3.75. The first kappa shape index (κ1) is 36.7. The first-order valence-corrected chi connectivity index (χ1v) is 17.1. The molecule has 4 amide bonds. The largest absolute Gasteiger partial charge is 0.502 e. The molecular weight excluding hydrogens is 771 g/mol. The fourth-order valence-electron chi connectivity index (χ4n) is 8.04. The Hall–Kier alpha value is -4.60. The molecule has 1 saturated carbocycles. The third kappa shape index (κ3) is 5.18. The van der Waals surface area contributed by atoms with Crippen LogP contribution < -0.4 is 19.4 Å². The maximum atomic E-state index is 14.6. The molecule has 53 heavy (non-hydrogen) atoms. The molecule has 0 spiro atoms. The second-order valence-electron chi connectivity index (χ2n) is 13.0. The number of halogens is 7. The zero-order valence-electron chi connectivity index (χ0n) is 27.8. The van der Waals surface area contributed by atoms with Gasteiger partial charge in [-0.05, 0) is 72.9 Å². The summed E-state index contributed by atoms with van der Waals surface area (Å²) in [6, 6.07) is 8.84. The van der Waals surface area contributed by atoms with Crippen molar-refractivity contribution in [2.45, 2.75) is 34.7 Å². The van der Waals surface area contributed by atoms with Crippen LogP contribution in [0.3, 0.4) is 0 Å². The molecule has 0 bridgehead atoms. The number of phenols is 1. The number of nitrogens with zero attached hydrogens (tertiary/aromatic N) is 4. The highest BCUT2D eigenvalue weighted by atomic mass is 35.5. The van der Waals surface area contributed by atoms with E-state index in [1.54, 1.807) is 6.08 Å². The lowest BCUT2D eigenvalue weighted by Crippen LogP contribution is -2.60. The number of alkyl halides is 5. The molecular formula is C35H27Cl3F4N4O7. The van der Waals surface area contributed by atoms with Crippen molar-refractivity contribution in [1.29, 1.82) is 0 Å². The predicted molar refractivity (Wildman–Crippen MR) is 182 cm³/mol. The third-order valence-corrected chi connectivity index (χ3v) is 12.1. The number of carbonyl (C=O) groups excluding carboxylic acids is 4. The number of benzene rings is 2. The third-order valence-electron chi connectivity index (χ3n) is 10.4. The molecule has 2 aliphatic carbocycles. The fraction of sp³-hybridized carbons (Fsp3) is 0.343. The number of hydrazine groups is 1. The molecule has 1 aromatic heterocycles. The van der Waals surface area contributed by atoms with Crippen molar-refractivity contribution in [2.75, 3.05) is 31.2 Å². The molecule has 2 aromatic carbocycles. The van der Waals surface area contributed by atoms with E-state index in [1.807, 2.05) is 0 Å². The normalized spacial score (nSPS) is 28.1. The van der Waals surface area contributed by atoms with Gasteiger partial charge in [0.25, 0.3) is 23.6 Å². The van der Waals surface area contributed by atoms with Gasteiger partial charge < -0.3 is 14.6 Å². The number of rotatable bonds is 6. The molecule has 2 aliphatic heterocycles. The van der Waals surface area contributed by atoms with Gasteiger partial charge in [-0.25, -0.2) is 14.3 Å². The molecule has 278 valence electrons. The molecule has 7 rings (SSSR count). The molecule has 18 heteroatoms. The van der Waals surface area contributed by atoms with E-state index in [-0.39, 0.29) is 39.9 Å². The molecule has 6 unspecified atom stereocenters. The molecule has 0 radical (unpaired) electrons. The minimum Gasteiger partial charge on any atom is -0.502 e. The Morgan fingerprint density at radius 3 is 2.15 bits per heavy atom. The average molecular weight is 798 g/mol. The average Bonchev–Trinajstić information content (AvgIpc) is 3.45. The predicted octanol–water partition coefficient (Wildman–Crippen LogP) is 6.23. The second-order valence-corrected chi connectivity index (χ2v) is 14.7. The minimum absolute atomic E-state index is 0.0318. The molecule has 3 aromatic rings. The van der Waals surface area contributed by atoms with Gasteiger partial charge in [0.15, 0.2) is 27.1 Å². The highest BCUT2D eigenvalue weighted by Crippen LogP contribution is 2.66. The van der Waals surface area contributed by atoms with Crippen molar-refractivity contribution in [2.24, 2.45) is 17.8 Å². The Labute approximate surface area is 313 Å². The van der Waals surface area contributed by atoms with Crippen LogP contribution in [-0.2, 0) is 25.4 Å². The van der Waals surface area contributed by atoms with Crippen LogP contribution in [0.25, 0.3) is 0 Å². The van der Waals surface area contributed by atoms with Crippen molar-refractivity contribution < 1.29 is 51.3 Å². The molecule has 1 N–H and O–H groups in total. The van der Waals surface area contributed by atoms with Crippen molar-refractivity contribution in [3.05, 3.63) is 82.3 Å². The number of hydrogen-bond donors (Lipinski definition) is 1. The second kappa shape index (κ2) is 12.5. The van der Waals surface area contributed by atoms with Gasteiger partial charge in [-0.1, -0.05) is 23.3 Å². The van der Waals surface area contributed by atoms with Crippen LogP contribution in [0.1, 0.15) is 30.0 Å². The lowest BCUT2D eigenvalue weighted by molar-refractivity contribution is -0.141. The van der Waals surface area contributed by atoms with Gasteiger partial charge in [-0.15, -0.1) is 23.2 Å². The van der Waals surface area contributed by atoms with E-state index in [0.717, 1.165) is 28.1 Å². The van der Waals surface area contributed by atoms with Gasteiger partial charge in [-0.2, -0.15) is 18.2 Å². The van der Waals surface area contributed by atoms with E-state index in [4.69, 9.17) is 44.3 Å². The summed E-state index contributed by atoms with van der Waals surface area (Å²) in [5.41, 5.74) is -0.790. The molecule has 3 fully saturated rings. The Morgan fingerprint density at radius 1 is 0.943 bits per heavy atom. The van der Waals surface area contributed by atoms with Crippen molar-refractivity contribution in [3.8, 4) is 17.2 Å². The summed E-state index contributed by atoms with van der Waals surface area (Å²) in [5, 5.41) is 12.0. The van der Waals surface area contributed by atoms with E-state index in [1.165, 1.54) is 45.5 Å². The van der Waals surface area contributed by atoms with Gasteiger partial charge in [0.2, 0.25) is 5.75 Å². The summed E-state index contributed by atoms with van der Waals surface area (Å²) in [4.78, 5) is 57.2.